The Kier molecular flexibility index (Phi) is 4.87. The number of morpholine rings is 1. The van der Waals surface area contributed by atoms with Crippen LogP contribution >= 0.6 is 0 Å². The molecule has 110 valence electrons. The number of nitrogens with one attached hydrogen (secondary N) is 1. The van der Waals surface area contributed by atoms with Crippen molar-refractivity contribution >= 4 is 5.69 Å². The van der Waals surface area contributed by atoms with E-state index in [0.717, 1.165) is 32.8 Å². The molecule has 3 rings (SSSR count). The van der Waals surface area contributed by atoms with Crippen LogP contribution in [0.4, 0.5) is 5.69 Å². The Labute approximate surface area is 126 Å². The molecular formula is C18H22N2O. The van der Waals surface area contributed by atoms with Crippen molar-refractivity contribution in [2.45, 2.75) is 12.6 Å². The molecule has 0 radical (unpaired) electrons. The fourth-order valence-corrected chi connectivity index (χ4v) is 2.69. The van der Waals surface area contributed by atoms with Crippen molar-refractivity contribution in [3.8, 4) is 0 Å². The molecule has 0 aromatic heterocycles. The molecule has 1 N–H and O–H groups in total. The third kappa shape index (κ3) is 4.06. The van der Waals surface area contributed by atoms with Gasteiger partial charge in [0, 0.05) is 25.3 Å². The van der Waals surface area contributed by atoms with Crippen molar-refractivity contribution < 1.29 is 4.74 Å². The highest BCUT2D eigenvalue weighted by Crippen LogP contribution is 2.14. The maximum Gasteiger partial charge on any atom is 0.0639 e. The summed E-state index contributed by atoms with van der Waals surface area (Å²) >= 11 is 0. The fraction of sp³-hybridized carbons (Fsp3) is 0.333. The SMILES string of the molecule is c1ccc(CN2CCOCC2CNc2ccccc2)cc1. The minimum Gasteiger partial charge on any atom is -0.383 e. The van der Waals surface area contributed by atoms with Crippen LogP contribution in [-0.4, -0.2) is 37.2 Å². The largest absolute Gasteiger partial charge is 0.383 e. The van der Waals surface area contributed by atoms with Gasteiger partial charge >= 0.3 is 0 Å². The van der Waals surface area contributed by atoms with Gasteiger partial charge in [0.2, 0.25) is 0 Å². The summed E-state index contributed by atoms with van der Waals surface area (Å²) in [5.74, 6) is 0. The van der Waals surface area contributed by atoms with Crippen molar-refractivity contribution in [3.05, 3.63) is 66.2 Å². The molecule has 3 nitrogen and oxygen atoms in total. The van der Waals surface area contributed by atoms with E-state index in [1.807, 2.05) is 6.07 Å². The van der Waals surface area contributed by atoms with E-state index in [1.165, 1.54) is 11.3 Å². The summed E-state index contributed by atoms with van der Waals surface area (Å²) in [6.07, 6.45) is 0. The van der Waals surface area contributed by atoms with Gasteiger partial charge in [-0.05, 0) is 17.7 Å². The van der Waals surface area contributed by atoms with Gasteiger partial charge in [0.1, 0.15) is 0 Å². The first kappa shape index (κ1) is 14.1. The van der Waals surface area contributed by atoms with Crippen LogP contribution in [0.1, 0.15) is 5.56 Å². The van der Waals surface area contributed by atoms with Crippen LogP contribution < -0.4 is 5.32 Å². The highest BCUT2D eigenvalue weighted by atomic mass is 16.5. The molecule has 1 aliphatic rings. The van der Waals surface area contributed by atoms with Gasteiger partial charge in [-0.25, -0.2) is 0 Å². The van der Waals surface area contributed by atoms with Crippen LogP contribution in [0, 0.1) is 0 Å². The first-order chi connectivity index (χ1) is 10.4. The molecule has 0 bridgehead atoms. The molecule has 1 saturated heterocycles. The number of nitrogens with zero attached hydrogens (tertiary/aromatic N) is 1. The molecule has 1 fully saturated rings. The quantitative estimate of drug-likeness (QED) is 0.912. The highest BCUT2D eigenvalue weighted by molar-refractivity contribution is 5.42. The van der Waals surface area contributed by atoms with Gasteiger partial charge in [-0.15, -0.1) is 0 Å². The zero-order valence-corrected chi connectivity index (χ0v) is 12.2. The molecule has 2 aromatic carbocycles. The zero-order valence-electron chi connectivity index (χ0n) is 12.2. The molecular weight excluding hydrogens is 260 g/mol. The standard InChI is InChI=1S/C18H22N2O/c1-3-7-16(8-4-1)14-20-11-12-21-15-18(20)13-19-17-9-5-2-6-10-17/h1-10,18-19H,11-15H2. The third-order valence-electron chi connectivity index (χ3n) is 3.89. The summed E-state index contributed by atoms with van der Waals surface area (Å²) in [6.45, 7) is 4.53. The lowest BCUT2D eigenvalue weighted by molar-refractivity contribution is -0.00645. The summed E-state index contributed by atoms with van der Waals surface area (Å²) in [5, 5.41) is 3.51. The number of rotatable bonds is 5. The van der Waals surface area contributed by atoms with Crippen LogP contribution in [0.3, 0.4) is 0 Å². The van der Waals surface area contributed by atoms with Gasteiger partial charge in [-0.2, -0.15) is 0 Å². The van der Waals surface area contributed by atoms with Gasteiger partial charge in [0.15, 0.2) is 0 Å². The number of anilines is 1. The van der Waals surface area contributed by atoms with Gasteiger partial charge < -0.3 is 10.1 Å². The van der Waals surface area contributed by atoms with Crippen molar-refractivity contribution in [3.63, 3.8) is 0 Å². The normalized spacial score (nSPS) is 19.3. The molecule has 0 saturated carbocycles. The molecule has 1 heterocycles. The lowest BCUT2D eigenvalue weighted by atomic mass is 10.1. The predicted octanol–water partition coefficient (Wildman–Crippen LogP) is 3.00. The van der Waals surface area contributed by atoms with Crippen molar-refractivity contribution in [2.75, 3.05) is 31.6 Å². The molecule has 0 amide bonds. The first-order valence-corrected chi connectivity index (χ1v) is 7.56. The van der Waals surface area contributed by atoms with Crippen LogP contribution in [0.2, 0.25) is 0 Å². The zero-order chi connectivity index (χ0) is 14.3. The van der Waals surface area contributed by atoms with E-state index in [1.54, 1.807) is 0 Å². The van der Waals surface area contributed by atoms with Crippen molar-refractivity contribution in [2.24, 2.45) is 0 Å². The van der Waals surface area contributed by atoms with Crippen molar-refractivity contribution in [1.29, 1.82) is 0 Å². The summed E-state index contributed by atoms with van der Waals surface area (Å²) < 4.78 is 5.66. The second kappa shape index (κ2) is 7.25. The van der Waals surface area contributed by atoms with E-state index in [2.05, 4.69) is 64.8 Å². The van der Waals surface area contributed by atoms with E-state index >= 15 is 0 Å². The fourth-order valence-electron chi connectivity index (χ4n) is 2.69. The number of ether oxygens (including phenoxy) is 1. The molecule has 21 heavy (non-hydrogen) atoms. The topological polar surface area (TPSA) is 24.5 Å². The minimum absolute atomic E-state index is 0.416. The third-order valence-corrected chi connectivity index (χ3v) is 3.89. The van der Waals surface area contributed by atoms with Crippen LogP contribution in [0.5, 0.6) is 0 Å². The second-order valence-electron chi connectivity index (χ2n) is 5.43. The average molecular weight is 282 g/mol. The van der Waals surface area contributed by atoms with Crippen LogP contribution in [0.25, 0.3) is 0 Å². The number of benzene rings is 2. The second-order valence-corrected chi connectivity index (χ2v) is 5.43. The number of hydrogen-bond acceptors (Lipinski definition) is 3. The lowest BCUT2D eigenvalue weighted by Gasteiger charge is -2.36. The molecule has 3 heteroatoms. The Morgan fingerprint density at radius 2 is 1.71 bits per heavy atom. The summed E-state index contributed by atoms with van der Waals surface area (Å²) in [4.78, 5) is 2.51. The molecule has 0 spiro atoms. The van der Waals surface area contributed by atoms with Crippen LogP contribution in [-0.2, 0) is 11.3 Å². The Hall–Kier alpha value is -1.84. The summed E-state index contributed by atoms with van der Waals surface area (Å²) in [7, 11) is 0. The average Bonchev–Trinajstić information content (AvgIpc) is 2.56. The Morgan fingerprint density at radius 3 is 2.48 bits per heavy atom. The maximum atomic E-state index is 5.66. The monoisotopic (exact) mass is 282 g/mol. The molecule has 1 atom stereocenters. The summed E-state index contributed by atoms with van der Waals surface area (Å²) in [6, 6.07) is 21.4. The predicted molar refractivity (Wildman–Crippen MR) is 86.4 cm³/mol. The molecule has 1 aliphatic heterocycles. The molecule has 0 aliphatic carbocycles. The van der Waals surface area contributed by atoms with E-state index in [-0.39, 0.29) is 0 Å². The maximum absolute atomic E-state index is 5.66. The van der Waals surface area contributed by atoms with E-state index in [9.17, 15) is 0 Å². The van der Waals surface area contributed by atoms with Crippen LogP contribution in [0.15, 0.2) is 60.7 Å². The number of hydrogen-bond donors (Lipinski definition) is 1. The van der Waals surface area contributed by atoms with Gasteiger partial charge in [0.05, 0.1) is 19.3 Å². The Morgan fingerprint density at radius 1 is 1.00 bits per heavy atom. The van der Waals surface area contributed by atoms with E-state index in [0.29, 0.717) is 6.04 Å². The molecule has 1 unspecified atom stereocenters. The molecule has 2 aromatic rings. The smallest absolute Gasteiger partial charge is 0.0639 e. The number of para-hydroxylation sites is 1. The van der Waals surface area contributed by atoms with Gasteiger partial charge in [-0.1, -0.05) is 48.5 Å². The van der Waals surface area contributed by atoms with Gasteiger partial charge in [0.25, 0.3) is 0 Å². The minimum atomic E-state index is 0.416. The Bertz CT molecular complexity index is 529. The highest BCUT2D eigenvalue weighted by Gasteiger charge is 2.22. The lowest BCUT2D eigenvalue weighted by Crippen LogP contribution is -2.48. The Balaban J connectivity index is 1.59. The summed E-state index contributed by atoms with van der Waals surface area (Å²) in [5.41, 5.74) is 2.53. The first-order valence-electron chi connectivity index (χ1n) is 7.56. The van der Waals surface area contributed by atoms with Crippen molar-refractivity contribution in [1.82, 2.24) is 4.90 Å². The van der Waals surface area contributed by atoms with E-state index < -0.39 is 0 Å². The van der Waals surface area contributed by atoms with E-state index in [4.69, 9.17) is 4.74 Å². The van der Waals surface area contributed by atoms with Gasteiger partial charge in [-0.3, -0.25) is 4.90 Å².